The Labute approximate surface area is 195 Å². The van der Waals surface area contributed by atoms with Crippen molar-refractivity contribution in [3.8, 4) is 5.75 Å². The summed E-state index contributed by atoms with van der Waals surface area (Å²) in [5.41, 5.74) is 1.52. The number of aliphatic hydroxyl groups excluding tert-OH is 1. The van der Waals surface area contributed by atoms with Gasteiger partial charge in [-0.05, 0) is 66.2 Å². The van der Waals surface area contributed by atoms with Crippen molar-refractivity contribution in [2.24, 2.45) is 0 Å². The van der Waals surface area contributed by atoms with Crippen LogP contribution in [0.5, 0.6) is 5.75 Å². The smallest absolute Gasteiger partial charge is 0.300 e. The Morgan fingerprint density at radius 3 is 2.32 bits per heavy atom. The Hall–Kier alpha value is -4.46. The minimum Gasteiger partial charge on any atom is -0.507 e. The van der Waals surface area contributed by atoms with Crippen molar-refractivity contribution in [1.82, 2.24) is 0 Å². The van der Waals surface area contributed by atoms with E-state index in [1.807, 2.05) is 0 Å². The van der Waals surface area contributed by atoms with Gasteiger partial charge in [-0.25, -0.2) is 4.39 Å². The van der Waals surface area contributed by atoms with Gasteiger partial charge in [-0.3, -0.25) is 19.3 Å². The SMILES string of the molecule is COc1cccc(C2/C(=C(/O)c3ccc(F)cc3)C(=O)C(=O)N2c2ccc(NC(C)=O)cc2)c1. The summed E-state index contributed by atoms with van der Waals surface area (Å²) < 4.78 is 18.7. The van der Waals surface area contributed by atoms with E-state index in [0.717, 1.165) is 12.1 Å². The van der Waals surface area contributed by atoms with E-state index >= 15 is 0 Å². The number of nitrogens with one attached hydrogen (secondary N) is 1. The Balaban J connectivity index is 1.88. The van der Waals surface area contributed by atoms with Crippen LogP contribution < -0.4 is 15.0 Å². The van der Waals surface area contributed by atoms with Crippen LogP contribution in [0.15, 0.2) is 78.4 Å². The highest BCUT2D eigenvalue weighted by atomic mass is 19.1. The molecule has 172 valence electrons. The lowest BCUT2D eigenvalue weighted by Gasteiger charge is -2.26. The van der Waals surface area contributed by atoms with Gasteiger partial charge >= 0.3 is 0 Å². The minimum absolute atomic E-state index is 0.129. The molecule has 1 saturated heterocycles. The largest absolute Gasteiger partial charge is 0.507 e. The third-order valence-electron chi connectivity index (χ3n) is 5.44. The maximum Gasteiger partial charge on any atom is 0.300 e. The van der Waals surface area contributed by atoms with Gasteiger partial charge in [0, 0.05) is 23.9 Å². The zero-order valence-electron chi connectivity index (χ0n) is 18.4. The van der Waals surface area contributed by atoms with Crippen molar-refractivity contribution in [1.29, 1.82) is 0 Å². The number of carbonyl (C=O) groups is 3. The van der Waals surface area contributed by atoms with E-state index in [1.54, 1.807) is 48.5 Å². The quantitative estimate of drug-likeness (QED) is 0.334. The number of ketones is 1. The monoisotopic (exact) mass is 460 g/mol. The minimum atomic E-state index is -0.966. The molecule has 0 spiro atoms. The maximum absolute atomic E-state index is 13.4. The van der Waals surface area contributed by atoms with Crippen molar-refractivity contribution in [2.75, 3.05) is 17.3 Å². The van der Waals surface area contributed by atoms with E-state index < -0.39 is 29.3 Å². The number of rotatable bonds is 5. The molecule has 0 bridgehead atoms. The number of hydrogen-bond acceptors (Lipinski definition) is 5. The molecule has 8 heteroatoms. The van der Waals surface area contributed by atoms with Gasteiger partial charge in [-0.15, -0.1) is 0 Å². The third-order valence-corrected chi connectivity index (χ3v) is 5.44. The lowest BCUT2D eigenvalue weighted by molar-refractivity contribution is -0.132. The highest BCUT2D eigenvalue weighted by Crippen LogP contribution is 2.43. The average molecular weight is 460 g/mol. The number of nitrogens with zero attached hydrogens (tertiary/aromatic N) is 1. The number of amides is 2. The van der Waals surface area contributed by atoms with Crippen LogP contribution in [0.2, 0.25) is 0 Å². The second-order valence-corrected chi connectivity index (χ2v) is 7.68. The summed E-state index contributed by atoms with van der Waals surface area (Å²) in [7, 11) is 1.50. The Morgan fingerprint density at radius 1 is 1.03 bits per heavy atom. The highest BCUT2D eigenvalue weighted by Gasteiger charge is 2.47. The molecule has 0 radical (unpaired) electrons. The molecule has 1 heterocycles. The van der Waals surface area contributed by atoms with Crippen molar-refractivity contribution < 1.29 is 28.6 Å². The van der Waals surface area contributed by atoms with Gasteiger partial charge in [-0.2, -0.15) is 0 Å². The summed E-state index contributed by atoms with van der Waals surface area (Å²) in [4.78, 5) is 38.9. The summed E-state index contributed by atoms with van der Waals surface area (Å²) in [6.07, 6.45) is 0. The van der Waals surface area contributed by atoms with Crippen LogP contribution in [0.3, 0.4) is 0 Å². The van der Waals surface area contributed by atoms with Gasteiger partial charge in [0.05, 0.1) is 18.7 Å². The molecule has 1 atom stereocenters. The van der Waals surface area contributed by atoms with E-state index in [4.69, 9.17) is 4.74 Å². The molecule has 1 aliphatic rings. The number of Topliss-reactive ketones (excluding diaryl/α,β-unsaturated/α-hetero) is 1. The summed E-state index contributed by atoms with van der Waals surface area (Å²) >= 11 is 0. The molecular formula is C26H21FN2O5. The van der Waals surface area contributed by atoms with Crippen LogP contribution in [0.25, 0.3) is 5.76 Å². The molecule has 0 saturated carbocycles. The van der Waals surface area contributed by atoms with Gasteiger partial charge in [0.15, 0.2) is 0 Å². The van der Waals surface area contributed by atoms with E-state index in [9.17, 15) is 23.9 Å². The molecule has 0 aromatic heterocycles. The van der Waals surface area contributed by atoms with Gasteiger partial charge in [0.2, 0.25) is 5.91 Å². The standard InChI is InChI=1S/C26H21FN2O5/c1-15(30)28-19-10-12-20(13-11-19)29-23(17-4-3-5-21(14-17)34-2)22(25(32)26(29)33)24(31)16-6-8-18(27)9-7-16/h3-14,23,31H,1-2H3,(H,28,30)/b24-22-. The van der Waals surface area contributed by atoms with Gasteiger partial charge < -0.3 is 15.2 Å². The molecule has 3 aromatic carbocycles. The van der Waals surface area contributed by atoms with Crippen molar-refractivity contribution in [2.45, 2.75) is 13.0 Å². The summed E-state index contributed by atoms with van der Waals surface area (Å²) in [6, 6.07) is 17.3. The fraction of sp³-hybridized carbons (Fsp3) is 0.115. The van der Waals surface area contributed by atoms with E-state index in [-0.39, 0.29) is 17.0 Å². The number of hydrogen-bond donors (Lipinski definition) is 2. The van der Waals surface area contributed by atoms with Crippen molar-refractivity contribution in [3.63, 3.8) is 0 Å². The lowest BCUT2D eigenvalue weighted by Crippen LogP contribution is -2.29. The molecule has 0 aliphatic carbocycles. The molecule has 7 nitrogen and oxygen atoms in total. The fourth-order valence-corrected chi connectivity index (χ4v) is 3.90. The number of aliphatic hydroxyl groups is 1. The van der Waals surface area contributed by atoms with Crippen LogP contribution in [0.1, 0.15) is 24.1 Å². The molecule has 1 fully saturated rings. The number of benzene rings is 3. The Morgan fingerprint density at radius 2 is 1.71 bits per heavy atom. The normalized spacial score (nSPS) is 17.0. The fourth-order valence-electron chi connectivity index (χ4n) is 3.90. The summed E-state index contributed by atoms with van der Waals surface area (Å²) in [5.74, 6) is -2.36. The predicted octanol–water partition coefficient (Wildman–Crippen LogP) is 4.42. The molecule has 34 heavy (non-hydrogen) atoms. The molecule has 4 rings (SSSR count). The number of halogens is 1. The maximum atomic E-state index is 13.4. The third kappa shape index (κ3) is 4.25. The van der Waals surface area contributed by atoms with Gasteiger partial charge in [0.25, 0.3) is 11.7 Å². The average Bonchev–Trinajstić information content (AvgIpc) is 3.10. The summed E-state index contributed by atoms with van der Waals surface area (Å²) in [6.45, 7) is 1.38. The first-order chi connectivity index (χ1) is 16.3. The summed E-state index contributed by atoms with van der Waals surface area (Å²) in [5, 5.41) is 13.7. The molecular weight excluding hydrogens is 439 g/mol. The predicted molar refractivity (Wildman–Crippen MR) is 125 cm³/mol. The lowest BCUT2D eigenvalue weighted by atomic mass is 9.95. The van der Waals surface area contributed by atoms with Crippen LogP contribution in [0, 0.1) is 5.82 Å². The zero-order valence-corrected chi connectivity index (χ0v) is 18.4. The first-order valence-electron chi connectivity index (χ1n) is 10.4. The second-order valence-electron chi connectivity index (χ2n) is 7.68. The Kier molecular flexibility index (Phi) is 6.14. The molecule has 2 amide bonds. The molecule has 2 N–H and O–H groups in total. The number of ether oxygens (including phenoxy) is 1. The first kappa shape index (κ1) is 22.7. The van der Waals surface area contributed by atoms with Crippen molar-refractivity contribution >= 4 is 34.7 Å². The first-order valence-corrected chi connectivity index (χ1v) is 10.4. The Bertz CT molecular complexity index is 1300. The number of anilines is 2. The zero-order chi connectivity index (χ0) is 24.4. The van der Waals surface area contributed by atoms with Crippen molar-refractivity contribution in [3.05, 3.63) is 95.3 Å². The van der Waals surface area contributed by atoms with Crippen LogP contribution in [-0.2, 0) is 14.4 Å². The molecule has 1 aliphatic heterocycles. The van der Waals surface area contributed by atoms with Crippen LogP contribution >= 0.6 is 0 Å². The number of carbonyl (C=O) groups excluding carboxylic acids is 3. The van der Waals surface area contributed by atoms with E-state index in [1.165, 1.54) is 31.1 Å². The highest BCUT2D eigenvalue weighted by molar-refractivity contribution is 6.51. The topological polar surface area (TPSA) is 95.9 Å². The van der Waals surface area contributed by atoms with E-state index in [0.29, 0.717) is 22.7 Å². The van der Waals surface area contributed by atoms with Gasteiger partial charge in [-0.1, -0.05) is 12.1 Å². The van der Waals surface area contributed by atoms with Gasteiger partial charge in [0.1, 0.15) is 17.3 Å². The number of methoxy groups -OCH3 is 1. The molecule has 1 unspecified atom stereocenters. The second kappa shape index (κ2) is 9.19. The van der Waals surface area contributed by atoms with Crippen LogP contribution in [0.4, 0.5) is 15.8 Å². The van der Waals surface area contributed by atoms with E-state index in [2.05, 4.69) is 5.32 Å². The van der Waals surface area contributed by atoms with Crippen LogP contribution in [-0.4, -0.2) is 29.8 Å². The molecule has 3 aromatic rings.